The molecule has 2 aliphatic rings. The Hall–Kier alpha value is -4.15. The van der Waals surface area contributed by atoms with Gasteiger partial charge < -0.3 is 19.4 Å². The lowest BCUT2D eigenvalue weighted by Crippen LogP contribution is -2.81. The van der Waals surface area contributed by atoms with E-state index in [2.05, 4.69) is 36.4 Å². The van der Waals surface area contributed by atoms with Crippen LogP contribution in [0.5, 0.6) is 0 Å². The SMILES string of the molecule is COC(=O)C=P(c1ccccc1)(c1ccccc1)c1ccccc1.C[C@@H]1C(=O)[C@@H](O)[C@@H](O)[C@]2(CC(=O)N2OCc2ccccc2)[C@@H]1O[Si](C)(C)C. The number of aliphatic hydroxyl groups is 2. The highest BCUT2D eigenvalue weighted by Crippen LogP contribution is 2.48. The molecule has 1 saturated heterocycles. The molecule has 6 rings (SSSR count). The maximum atomic E-state index is 12.4. The van der Waals surface area contributed by atoms with Crippen LogP contribution >= 0.6 is 6.89 Å². The number of hydrogen-bond donors (Lipinski definition) is 2. The number of rotatable bonds is 9. The number of amides is 1. The highest BCUT2D eigenvalue weighted by Gasteiger charge is 2.69. The van der Waals surface area contributed by atoms with Gasteiger partial charge in [0.25, 0.3) is 0 Å². The second kappa shape index (κ2) is 16.0. The van der Waals surface area contributed by atoms with Crippen molar-refractivity contribution in [2.75, 3.05) is 7.11 Å². The van der Waals surface area contributed by atoms with Crippen molar-refractivity contribution in [1.82, 2.24) is 5.06 Å². The fraction of sp³-hybridized carbons (Fsp3) is 0.300. The molecule has 0 unspecified atom stereocenters. The Morgan fingerprint density at radius 1 is 0.824 bits per heavy atom. The van der Waals surface area contributed by atoms with Crippen molar-refractivity contribution in [3.63, 3.8) is 0 Å². The smallest absolute Gasteiger partial charge is 0.331 e. The van der Waals surface area contributed by atoms with Crippen LogP contribution in [0.15, 0.2) is 121 Å². The minimum atomic E-state index is -2.23. The molecule has 9 nitrogen and oxygen atoms in total. The molecule has 0 aromatic heterocycles. The van der Waals surface area contributed by atoms with Crippen LogP contribution < -0.4 is 15.9 Å². The van der Waals surface area contributed by atoms with Crippen molar-refractivity contribution in [2.24, 2.45) is 5.92 Å². The van der Waals surface area contributed by atoms with E-state index >= 15 is 0 Å². The largest absolute Gasteiger partial charge is 0.466 e. The quantitative estimate of drug-likeness (QED) is 0.114. The van der Waals surface area contributed by atoms with E-state index in [4.69, 9.17) is 14.0 Å². The van der Waals surface area contributed by atoms with Crippen LogP contribution in [-0.4, -0.2) is 78.0 Å². The normalized spacial score (nSPS) is 23.2. The van der Waals surface area contributed by atoms with Gasteiger partial charge >= 0.3 is 5.97 Å². The summed E-state index contributed by atoms with van der Waals surface area (Å²) in [6.45, 7) is 5.51. The van der Waals surface area contributed by atoms with E-state index in [1.807, 2.05) is 105 Å². The number of carbonyl (C=O) groups excluding carboxylic acids is 3. The monoisotopic (exact) mass is 727 g/mol. The first-order valence-corrected chi connectivity index (χ1v) is 22.2. The van der Waals surface area contributed by atoms with Crippen LogP contribution in [0.2, 0.25) is 19.6 Å². The first-order chi connectivity index (χ1) is 24.3. The van der Waals surface area contributed by atoms with E-state index in [9.17, 15) is 24.6 Å². The van der Waals surface area contributed by atoms with Crippen molar-refractivity contribution in [2.45, 2.75) is 63.4 Å². The van der Waals surface area contributed by atoms with E-state index in [1.54, 1.807) is 12.7 Å². The van der Waals surface area contributed by atoms with Gasteiger partial charge in [0.2, 0.25) is 5.91 Å². The Morgan fingerprint density at radius 3 is 1.69 bits per heavy atom. The van der Waals surface area contributed by atoms with Crippen LogP contribution in [0, 0.1) is 5.92 Å². The van der Waals surface area contributed by atoms with Crippen molar-refractivity contribution in [3.8, 4) is 0 Å². The van der Waals surface area contributed by atoms with Gasteiger partial charge in [-0.25, -0.2) is 9.86 Å². The van der Waals surface area contributed by atoms with Gasteiger partial charge in [0.1, 0.15) is 24.4 Å². The molecule has 11 heteroatoms. The number of nitrogens with zero attached hydrogens (tertiary/aromatic N) is 1. The van der Waals surface area contributed by atoms with E-state index in [-0.39, 0.29) is 24.9 Å². The Labute approximate surface area is 300 Å². The molecule has 0 radical (unpaired) electrons. The Kier molecular flexibility index (Phi) is 12.0. The molecule has 1 saturated carbocycles. The zero-order valence-electron chi connectivity index (χ0n) is 29.6. The molecule has 1 spiro atoms. The van der Waals surface area contributed by atoms with Crippen LogP contribution in [0.1, 0.15) is 18.9 Å². The summed E-state index contributed by atoms with van der Waals surface area (Å²) >= 11 is 0. The highest BCUT2D eigenvalue weighted by molar-refractivity contribution is 7.95. The summed E-state index contributed by atoms with van der Waals surface area (Å²) in [4.78, 5) is 42.8. The number of β-lactam (4-membered cyclic amide) rings is 1. The van der Waals surface area contributed by atoms with Gasteiger partial charge in [-0.05, 0) is 48.0 Å². The minimum absolute atomic E-state index is 0.0349. The number of esters is 1. The molecular formula is C40H46NO8PSi. The maximum Gasteiger partial charge on any atom is 0.331 e. The molecule has 2 N–H and O–H groups in total. The summed E-state index contributed by atoms with van der Waals surface area (Å²) in [6.07, 6.45) is -3.80. The number of ketones is 1. The summed E-state index contributed by atoms with van der Waals surface area (Å²) in [6, 6.07) is 40.0. The van der Waals surface area contributed by atoms with Crippen LogP contribution in [0.3, 0.4) is 0 Å². The number of carbonyl (C=O) groups is 3. The van der Waals surface area contributed by atoms with Crippen molar-refractivity contribution >= 4 is 54.6 Å². The fourth-order valence-electron chi connectivity index (χ4n) is 6.78. The molecule has 0 bridgehead atoms. The summed E-state index contributed by atoms with van der Waals surface area (Å²) in [5.74, 6) is 0.0279. The minimum Gasteiger partial charge on any atom is -0.466 e. The van der Waals surface area contributed by atoms with Gasteiger partial charge in [0, 0.05) is 11.7 Å². The first kappa shape index (κ1) is 38.1. The number of benzene rings is 4. The zero-order chi connectivity index (χ0) is 36.8. The Balaban J connectivity index is 0.000000199. The van der Waals surface area contributed by atoms with Gasteiger partial charge in [-0.1, -0.05) is 128 Å². The van der Waals surface area contributed by atoms with Crippen molar-refractivity contribution in [3.05, 3.63) is 127 Å². The molecule has 268 valence electrons. The third kappa shape index (κ3) is 7.87. The van der Waals surface area contributed by atoms with Gasteiger partial charge in [0.15, 0.2) is 14.1 Å². The molecular weight excluding hydrogens is 681 g/mol. The lowest BCUT2D eigenvalue weighted by Gasteiger charge is -2.60. The van der Waals surface area contributed by atoms with Gasteiger partial charge in [-0.2, -0.15) is 0 Å². The Bertz CT molecular complexity index is 1750. The lowest BCUT2D eigenvalue weighted by molar-refractivity contribution is -0.314. The predicted octanol–water partition coefficient (Wildman–Crippen LogP) is 4.21. The molecule has 4 aromatic carbocycles. The first-order valence-electron chi connectivity index (χ1n) is 16.9. The summed E-state index contributed by atoms with van der Waals surface area (Å²) in [7, 11) is -0.691. The average Bonchev–Trinajstić information content (AvgIpc) is 3.14. The second-order valence-electron chi connectivity index (χ2n) is 13.7. The molecule has 5 atom stereocenters. The fourth-order valence-corrected chi connectivity index (χ4v) is 11.6. The van der Waals surface area contributed by atoms with Crippen LogP contribution in [-0.2, 0) is 35.0 Å². The number of ether oxygens (including phenoxy) is 1. The summed E-state index contributed by atoms with van der Waals surface area (Å²) in [5.41, 5.74) is -0.399. The maximum absolute atomic E-state index is 12.4. The van der Waals surface area contributed by atoms with Crippen LogP contribution in [0.4, 0.5) is 0 Å². The van der Waals surface area contributed by atoms with Crippen molar-refractivity contribution < 1.29 is 38.6 Å². The molecule has 1 aliphatic heterocycles. The standard InChI is InChI=1S/C21H19O2P.C19H27NO6Si/c1-23-21(22)17-24(18-11-5-2-6-12-18,19-13-7-3-8-14-19)20-15-9-4-10-16-20;1-12-15(22)16(23)17(24)19(18(12)26-27(2,3)4)10-14(21)20(19)25-11-13-8-6-5-7-9-13/h2-17H,1H3;5-9,12,16-18,23-24H,10-11H2,1-4H3/t;12-,16-,17-,18-,19-/m.1/s1. The zero-order valence-corrected chi connectivity index (χ0v) is 31.5. The topological polar surface area (TPSA) is 123 Å². The van der Waals surface area contributed by atoms with Gasteiger partial charge in [0.05, 0.1) is 19.6 Å². The number of hydroxylamine groups is 2. The summed E-state index contributed by atoms with van der Waals surface area (Å²) in [5, 5.41) is 25.6. The Morgan fingerprint density at radius 2 is 1.27 bits per heavy atom. The number of aliphatic hydroxyl groups excluding tert-OH is 2. The molecule has 2 fully saturated rings. The third-order valence-electron chi connectivity index (χ3n) is 9.21. The molecule has 1 amide bonds. The van der Waals surface area contributed by atoms with E-state index in [0.29, 0.717) is 0 Å². The molecule has 1 heterocycles. The van der Waals surface area contributed by atoms with E-state index in [1.165, 1.54) is 7.11 Å². The number of methoxy groups -OCH3 is 1. The van der Waals surface area contributed by atoms with Crippen LogP contribution in [0.25, 0.3) is 0 Å². The van der Waals surface area contributed by atoms with E-state index < -0.39 is 50.8 Å². The second-order valence-corrected chi connectivity index (χ2v) is 21.4. The third-order valence-corrected chi connectivity index (χ3v) is 14.1. The van der Waals surface area contributed by atoms with E-state index in [0.717, 1.165) is 26.5 Å². The molecule has 1 aliphatic carbocycles. The highest BCUT2D eigenvalue weighted by atomic mass is 31.2. The van der Waals surface area contributed by atoms with Gasteiger partial charge in [-0.15, -0.1) is 0 Å². The number of Topliss-reactive ketones (excluding diaryl/α,β-unsaturated/α-hetero) is 1. The summed E-state index contributed by atoms with van der Waals surface area (Å²) < 4.78 is 11.2. The molecule has 4 aromatic rings. The molecule has 51 heavy (non-hydrogen) atoms. The van der Waals surface area contributed by atoms with Gasteiger partial charge in [-0.3, -0.25) is 14.4 Å². The van der Waals surface area contributed by atoms with Crippen molar-refractivity contribution in [1.29, 1.82) is 0 Å². The predicted molar refractivity (Wildman–Crippen MR) is 203 cm³/mol. The number of hydrogen-bond acceptors (Lipinski definition) is 8. The lowest BCUT2D eigenvalue weighted by atomic mass is 9.64. The average molecular weight is 728 g/mol.